The van der Waals surface area contributed by atoms with Gasteiger partial charge in [-0.1, -0.05) is 94.7 Å². The minimum Gasteiger partial charge on any atom is -0.512 e. The molecule has 0 fully saturated rings. The molecular weight excluding hydrogens is 682 g/mol. The number of nitrogens with zero attached hydrogens (tertiary/aromatic N) is 1. The number of ketones is 1. The molecule has 1 N–H and O–H groups in total. The van der Waals surface area contributed by atoms with Crippen molar-refractivity contribution in [1.82, 2.24) is 4.98 Å². The Balaban J connectivity index is 0.000000439. The number of fused-ring (bicyclic) bond motifs is 1. The Kier molecular flexibility index (Phi) is 12.5. The molecule has 1 aromatic heterocycles. The van der Waals surface area contributed by atoms with E-state index in [2.05, 4.69) is 93.9 Å². The Hall–Kier alpha value is -2.14. The third kappa shape index (κ3) is 9.77. The van der Waals surface area contributed by atoms with Crippen molar-refractivity contribution in [2.24, 2.45) is 5.92 Å². The van der Waals surface area contributed by atoms with Crippen molar-refractivity contribution in [3.63, 3.8) is 0 Å². The van der Waals surface area contributed by atoms with Crippen molar-refractivity contribution in [2.45, 2.75) is 92.0 Å². The molecule has 1 heterocycles. The van der Waals surface area contributed by atoms with Gasteiger partial charge in [-0.3, -0.25) is 9.78 Å². The summed E-state index contributed by atoms with van der Waals surface area (Å²) in [4.78, 5) is 15.8. The van der Waals surface area contributed by atoms with Crippen LogP contribution in [0.2, 0.25) is 19.6 Å². The molecule has 39 heavy (non-hydrogen) atoms. The number of hydrogen-bond donors (Lipinski definition) is 1. The third-order valence-corrected chi connectivity index (χ3v) is 8.80. The Bertz CT molecular complexity index is 1280. The number of aliphatic hydroxyl groups is 1. The summed E-state index contributed by atoms with van der Waals surface area (Å²) in [7, 11) is -1.36. The zero-order valence-corrected chi connectivity index (χ0v) is 28.6. The van der Waals surface area contributed by atoms with E-state index in [9.17, 15) is 14.3 Å². The van der Waals surface area contributed by atoms with Crippen molar-refractivity contribution >= 4 is 29.8 Å². The van der Waals surface area contributed by atoms with E-state index in [0.29, 0.717) is 0 Å². The number of aliphatic hydroxyl groups excluding tert-OH is 1. The largest absolute Gasteiger partial charge is 0.512 e. The van der Waals surface area contributed by atoms with Crippen molar-refractivity contribution in [3.05, 3.63) is 72.1 Å². The molecule has 0 saturated heterocycles. The number of halogens is 1. The monoisotopic (exact) mass is 727 g/mol. The van der Waals surface area contributed by atoms with Crippen LogP contribution in [0.25, 0.3) is 22.0 Å². The fourth-order valence-corrected chi connectivity index (χ4v) is 5.31. The Morgan fingerprint density at radius 1 is 1.05 bits per heavy atom. The first kappa shape index (κ1) is 34.9. The number of aromatic nitrogens is 1. The van der Waals surface area contributed by atoms with Gasteiger partial charge in [-0.25, -0.2) is 4.39 Å². The van der Waals surface area contributed by atoms with Crippen LogP contribution in [0.1, 0.15) is 66.9 Å². The maximum atomic E-state index is 13.1. The van der Waals surface area contributed by atoms with Gasteiger partial charge in [-0.15, -0.1) is 29.1 Å². The number of allylic oxidation sites excluding steroid dienone is 2. The second-order valence-electron chi connectivity index (χ2n) is 12.5. The van der Waals surface area contributed by atoms with E-state index in [1.54, 1.807) is 0 Å². The first-order valence-corrected chi connectivity index (χ1v) is 17.0. The van der Waals surface area contributed by atoms with Crippen LogP contribution in [-0.2, 0) is 30.3 Å². The Morgan fingerprint density at radius 2 is 1.64 bits per heavy atom. The van der Waals surface area contributed by atoms with Crippen LogP contribution in [0.3, 0.4) is 0 Å². The summed E-state index contributed by atoms with van der Waals surface area (Å²) in [5.41, 5.74) is 1.66. The van der Waals surface area contributed by atoms with Gasteiger partial charge in [0, 0.05) is 44.0 Å². The number of pyridine rings is 1. The normalized spacial score (nSPS) is 12.6. The van der Waals surface area contributed by atoms with Crippen molar-refractivity contribution in [1.29, 1.82) is 0 Å². The third-order valence-electron chi connectivity index (χ3n) is 6.75. The van der Waals surface area contributed by atoms with E-state index in [4.69, 9.17) is 0 Å². The predicted octanol–water partition coefficient (Wildman–Crippen LogP) is 8.72. The molecule has 0 amide bonds. The standard InChI is InChI=1S/C22H26NSi.C11H19FO2.Ir/c1-22(2,3)20-14-17(13-16-9-7-8-10-19(16)20)21-15-18(11-12-23-21)24(4,5)6;1-5-8(6-2)9(13)7-10(14)11(3,4)12;/h7-12,14-15H,1-6H3;7-8,13H,5-6H2,1-4H3;/q-1;;/b;9-7-;. The van der Waals surface area contributed by atoms with E-state index in [1.807, 2.05) is 20.0 Å². The van der Waals surface area contributed by atoms with Crippen LogP contribution in [-0.4, -0.2) is 29.6 Å². The molecule has 0 aliphatic heterocycles. The Labute approximate surface area is 249 Å². The van der Waals surface area contributed by atoms with Crippen LogP contribution in [0.15, 0.2) is 60.5 Å². The summed E-state index contributed by atoms with van der Waals surface area (Å²) < 4.78 is 13.1. The summed E-state index contributed by atoms with van der Waals surface area (Å²) >= 11 is 0. The van der Waals surface area contributed by atoms with Crippen LogP contribution < -0.4 is 5.19 Å². The first-order valence-electron chi connectivity index (χ1n) is 13.5. The van der Waals surface area contributed by atoms with Crippen LogP contribution >= 0.6 is 0 Å². The molecule has 215 valence electrons. The van der Waals surface area contributed by atoms with Crippen LogP contribution in [0.5, 0.6) is 0 Å². The predicted molar refractivity (Wildman–Crippen MR) is 163 cm³/mol. The molecule has 3 rings (SSSR count). The maximum Gasteiger partial charge on any atom is 0.195 e. The molecule has 6 heteroatoms. The molecular formula is C33H45FIrNO2Si-. The van der Waals surface area contributed by atoms with Gasteiger partial charge < -0.3 is 5.11 Å². The zero-order chi connectivity index (χ0) is 28.9. The number of alkyl halides is 1. The second-order valence-corrected chi connectivity index (χ2v) is 17.6. The van der Waals surface area contributed by atoms with E-state index >= 15 is 0 Å². The van der Waals surface area contributed by atoms with Gasteiger partial charge in [-0.05, 0) is 38.2 Å². The number of carbonyl (C=O) groups is 1. The number of benzene rings is 2. The van der Waals surface area contributed by atoms with Gasteiger partial charge in [0.25, 0.3) is 0 Å². The zero-order valence-electron chi connectivity index (χ0n) is 25.2. The smallest absolute Gasteiger partial charge is 0.195 e. The van der Waals surface area contributed by atoms with E-state index in [-0.39, 0.29) is 37.2 Å². The summed E-state index contributed by atoms with van der Waals surface area (Å²) in [5.74, 6) is -0.728. The SMILES string of the molecule is CC(C)(C)c1cc(-c2cc([Si](C)(C)C)ccn2)[c-]c2ccccc12.CCC(CC)/C(O)=C/C(=O)C(C)(C)F.[Ir]. The quantitative estimate of drug-likeness (QED) is 0.115. The summed E-state index contributed by atoms with van der Waals surface area (Å²) in [6.07, 6.45) is 4.46. The minimum absolute atomic E-state index is 0. The average molecular weight is 727 g/mol. The van der Waals surface area contributed by atoms with Gasteiger partial charge in [0.15, 0.2) is 11.5 Å². The maximum absolute atomic E-state index is 13.1. The number of carbonyl (C=O) groups excluding carboxylic acids is 1. The second kappa shape index (κ2) is 14.0. The van der Waals surface area contributed by atoms with Crippen molar-refractivity contribution in [3.8, 4) is 11.3 Å². The molecule has 3 aromatic rings. The van der Waals surface area contributed by atoms with Crippen molar-refractivity contribution in [2.75, 3.05) is 0 Å². The number of hydrogen-bond acceptors (Lipinski definition) is 3. The average Bonchev–Trinajstić information content (AvgIpc) is 2.83. The fraction of sp³-hybridized carbons (Fsp3) is 0.455. The molecule has 0 aliphatic carbocycles. The van der Waals surface area contributed by atoms with Gasteiger partial charge in [0.2, 0.25) is 0 Å². The molecule has 2 aromatic carbocycles. The summed E-state index contributed by atoms with van der Waals surface area (Å²) in [5, 5.41) is 13.4. The summed E-state index contributed by atoms with van der Waals surface area (Å²) in [6, 6.07) is 18.8. The van der Waals surface area contributed by atoms with Crippen LogP contribution in [0.4, 0.5) is 4.39 Å². The Morgan fingerprint density at radius 3 is 2.15 bits per heavy atom. The van der Waals surface area contributed by atoms with Gasteiger partial charge in [-0.2, -0.15) is 0 Å². The first-order chi connectivity index (χ1) is 17.5. The molecule has 0 saturated carbocycles. The van der Waals surface area contributed by atoms with Gasteiger partial charge in [0.1, 0.15) is 0 Å². The van der Waals surface area contributed by atoms with Gasteiger partial charge in [0.05, 0.1) is 13.8 Å². The number of rotatable bonds is 7. The molecule has 0 aliphatic rings. The van der Waals surface area contributed by atoms with Crippen molar-refractivity contribution < 1.29 is 34.4 Å². The molecule has 0 atom stereocenters. The molecule has 1 radical (unpaired) electrons. The minimum atomic E-state index is -1.90. The molecule has 0 spiro atoms. The van der Waals surface area contributed by atoms with E-state index in [1.165, 1.54) is 35.4 Å². The van der Waals surface area contributed by atoms with Gasteiger partial charge >= 0.3 is 0 Å². The summed E-state index contributed by atoms with van der Waals surface area (Å²) in [6.45, 7) is 20.1. The van der Waals surface area contributed by atoms with E-state index in [0.717, 1.165) is 30.2 Å². The molecule has 0 unspecified atom stereocenters. The molecule has 3 nitrogen and oxygen atoms in total. The molecule has 0 bridgehead atoms. The van der Waals surface area contributed by atoms with E-state index < -0.39 is 19.5 Å². The topological polar surface area (TPSA) is 50.2 Å². The fourth-order valence-electron chi connectivity index (χ4n) is 4.16. The van der Waals surface area contributed by atoms with Crippen LogP contribution in [0, 0.1) is 12.0 Å².